The zero-order valence-electron chi connectivity index (χ0n) is 14.5. The van der Waals surface area contributed by atoms with E-state index in [-0.39, 0.29) is 24.8 Å². The highest BCUT2D eigenvalue weighted by Crippen LogP contribution is 2.29. The van der Waals surface area contributed by atoms with Crippen molar-refractivity contribution in [2.75, 3.05) is 19.6 Å². The number of unbranched alkanes of at least 4 members (excludes halogenated alkanes) is 3. The number of hydrogen-bond donors (Lipinski definition) is 1. The van der Waals surface area contributed by atoms with Gasteiger partial charge in [-0.3, -0.25) is 4.79 Å². The van der Waals surface area contributed by atoms with Crippen molar-refractivity contribution in [1.29, 1.82) is 0 Å². The van der Waals surface area contributed by atoms with Gasteiger partial charge in [-0.2, -0.15) is 0 Å². The van der Waals surface area contributed by atoms with Gasteiger partial charge in [0.1, 0.15) is 0 Å². The van der Waals surface area contributed by atoms with Gasteiger partial charge in [-0.05, 0) is 38.6 Å². The highest BCUT2D eigenvalue weighted by Gasteiger charge is 2.26. The van der Waals surface area contributed by atoms with E-state index in [0.717, 1.165) is 64.6 Å². The fraction of sp³-hybridized carbons (Fsp3) is 0.765. The number of rotatable bonds is 8. The van der Waals surface area contributed by atoms with Crippen LogP contribution in [0, 0.1) is 0 Å². The van der Waals surface area contributed by atoms with Crippen molar-refractivity contribution in [2.45, 2.75) is 64.2 Å². The van der Waals surface area contributed by atoms with Crippen molar-refractivity contribution in [1.82, 2.24) is 9.88 Å². The van der Waals surface area contributed by atoms with Gasteiger partial charge in [0, 0.05) is 30.8 Å². The molecule has 0 spiro atoms. The minimum atomic E-state index is 0. The number of nitrogens with two attached hydrogens (primary N) is 1. The monoisotopic (exact) mass is 395 g/mol. The van der Waals surface area contributed by atoms with E-state index in [9.17, 15) is 4.79 Å². The Balaban J connectivity index is 0.00000264. The van der Waals surface area contributed by atoms with E-state index in [1.807, 2.05) is 0 Å². The third-order valence-corrected chi connectivity index (χ3v) is 5.46. The predicted molar refractivity (Wildman–Crippen MR) is 107 cm³/mol. The molecule has 0 radical (unpaired) electrons. The molecule has 1 aliphatic heterocycles. The molecule has 1 atom stereocenters. The molecule has 1 unspecified atom stereocenters. The lowest BCUT2D eigenvalue weighted by Gasteiger charge is -2.32. The zero-order chi connectivity index (χ0) is 15.8. The zero-order valence-corrected chi connectivity index (χ0v) is 17.0. The van der Waals surface area contributed by atoms with E-state index in [0.29, 0.717) is 18.2 Å². The molecule has 0 saturated carbocycles. The van der Waals surface area contributed by atoms with Gasteiger partial charge in [0.05, 0.1) is 10.7 Å². The van der Waals surface area contributed by atoms with Crippen LogP contribution in [0.2, 0.25) is 0 Å². The summed E-state index contributed by atoms with van der Waals surface area (Å²) in [6.07, 6.45) is 8.28. The van der Waals surface area contributed by atoms with Crippen LogP contribution in [0.3, 0.4) is 0 Å². The Labute approximate surface area is 162 Å². The third-order valence-electron chi connectivity index (χ3n) is 4.40. The molecule has 2 N–H and O–H groups in total. The number of carbonyl (C=O) groups excluding carboxylic acids is 1. The van der Waals surface area contributed by atoms with Crippen LogP contribution in [0.5, 0.6) is 0 Å². The number of aryl methyl sites for hydroxylation is 1. The number of halogens is 2. The van der Waals surface area contributed by atoms with Gasteiger partial charge < -0.3 is 10.6 Å². The molecule has 1 aliphatic rings. The number of nitrogens with zero attached hydrogens (tertiary/aromatic N) is 2. The molecular formula is C17H31Cl2N3OS. The molecule has 1 saturated heterocycles. The molecule has 1 aromatic heterocycles. The van der Waals surface area contributed by atoms with Crippen LogP contribution in [0.15, 0.2) is 5.38 Å². The molecule has 2 heterocycles. The van der Waals surface area contributed by atoms with Gasteiger partial charge in [-0.25, -0.2) is 4.98 Å². The normalized spacial score (nSPS) is 17.1. The van der Waals surface area contributed by atoms with Gasteiger partial charge in [0.2, 0.25) is 5.91 Å². The number of amides is 1. The highest BCUT2D eigenvalue weighted by molar-refractivity contribution is 7.09. The summed E-state index contributed by atoms with van der Waals surface area (Å²) in [5, 5.41) is 3.38. The average molecular weight is 396 g/mol. The Morgan fingerprint density at radius 2 is 2.08 bits per heavy atom. The lowest BCUT2D eigenvalue weighted by atomic mass is 9.98. The third kappa shape index (κ3) is 7.26. The standard InChI is InChI=1S/C17H29N3OS.2ClH/c1-2-15-13-22-17(19-15)14-8-7-11-20(12-14)16(21)9-5-3-4-6-10-18;;/h13-14H,2-12,18H2,1H3;2*1H. The summed E-state index contributed by atoms with van der Waals surface area (Å²) in [5.41, 5.74) is 6.67. The van der Waals surface area contributed by atoms with Crippen LogP contribution in [-0.4, -0.2) is 35.4 Å². The summed E-state index contributed by atoms with van der Waals surface area (Å²) in [7, 11) is 0. The molecule has 7 heteroatoms. The molecule has 0 aromatic carbocycles. The van der Waals surface area contributed by atoms with E-state index in [1.165, 1.54) is 10.7 Å². The van der Waals surface area contributed by atoms with Crippen LogP contribution in [0.25, 0.3) is 0 Å². The molecule has 1 amide bonds. The number of carbonyl (C=O) groups is 1. The maximum Gasteiger partial charge on any atom is 0.222 e. The molecule has 0 aliphatic carbocycles. The van der Waals surface area contributed by atoms with Crippen molar-refractivity contribution in [2.24, 2.45) is 5.73 Å². The molecule has 1 aromatic rings. The van der Waals surface area contributed by atoms with Gasteiger partial charge in [-0.1, -0.05) is 19.8 Å². The first-order chi connectivity index (χ1) is 10.7. The maximum absolute atomic E-state index is 12.4. The summed E-state index contributed by atoms with van der Waals surface area (Å²) >= 11 is 1.76. The van der Waals surface area contributed by atoms with Crippen molar-refractivity contribution in [3.63, 3.8) is 0 Å². The summed E-state index contributed by atoms with van der Waals surface area (Å²) in [6.45, 7) is 4.68. The van der Waals surface area contributed by atoms with Gasteiger partial charge >= 0.3 is 0 Å². The number of piperidine rings is 1. The molecule has 24 heavy (non-hydrogen) atoms. The van der Waals surface area contributed by atoms with Crippen LogP contribution >= 0.6 is 36.2 Å². The molecule has 4 nitrogen and oxygen atoms in total. The highest BCUT2D eigenvalue weighted by atomic mass is 35.5. The molecular weight excluding hydrogens is 365 g/mol. The Hall–Kier alpha value is -0.360. The number of likely N-dealkylation sites (tertiary alicyclic amines) is 1. The van der Waals surface area contributed by atoms with Crippen molar-refractivity contribution in [3.05, 3.63) is 16.1 Å². The second-order valence-electron chi connectivity index (χ2n) is 6.16. The average Bonchev–Trinajstić information content (AvgIpc) is 3.04. The van der Waals surface area contributed by atoms with E-state index < -0.39 is 0 Å². The first-order valence-electron chi connectivity index (χ1n) is 8.66. The summed E-state index contributed by atoms with van der Waals surface area (Å²) in [5.74, 6) is 0.768. The quantitative estimate of drug-likeness (QED) is 0.671. The van der Waals surface area contributed by atoms with Gasteiger partial charge in [-0.15, -0.1) is 36.2 Å². The molecule has 140 valence electrons. The molecule has 1 fully saturated rings. The van der Waals surface area contributed by atoms with Crippen LogP contribution in [0.1, 0.15) is 68.5 Å². The Morgan fingerprint density at radius 3 is 2.75 bits per heavy atom. The smallest absolute Gasteiger partial charge is 0.222 e. The number of hydrogen-bond acceptors (Lipinski definition) is 4. The molecule has 2 rings (SSSR count). The second kappa shape index (κ2) is 12.9. The minimum Gasteiger partial charge on any atom is -0.342 e. The summed E-state index contributed by atoms with van der Waals surface area (Å²) in [6, 6.07) is 0. The van der Waals surface area contributed by atoms with E-state index in [1.54, 1.807) is 11.3 Å². The Morgan fingerprint density at radius 1 is 1.33 bits per heavy atom. The van der Waals surface area contributed by atoms with E-state index in [2.05, 4.69) is 17.2 Å². The predicted octanol–water partition coefficient (Wildman–Crippen LogP) is 4.16. The van der Waals surface area contributed by atoms with E-state index >= 15 is 0 Å². The van der Waals surface area contributed by atoms with Crippen LogP contribution in [0.4, 0.5) is 0 Å². The fourth-order valence-electron chi connectivity index (χ4n) is 3.01. The number of thiazole rings is 1. The van der Waals surface area contributed by atoms with Crippen molar-refractivity contribution < 1.29 is 4.79 Å². The van der Waals surface area contributed by atoms with Crippen LogP contribution < -0.4 is 5.73 Å². The van der Waals surface area contributed by atoms with Crippen LogP contribution in [-0.2, 0) is 11.2 Å². The topological polar surface area (TPSA) is 59.2 Å². The SMILES string of the molecule is CCc1csc(C2CCCN(C(=O)CCCCCCN)C2)n1.Cl.Cl. The Bertz CT molecular complexity index is 470. The lowest BCUT2D eigenvalue weighted by molar-refractivity contribution is -0.132. The van der Waals surface area contributed by atoms with E-state index in [4.69, 9.17) is 10.7 Å². The summed E-state index contributed by atoms with van der Waals surface area (Å²) < 4.78 is 0. The fourth-order valence-corrected chi connectivity index (χ4v) is 4.04. The maximum atomic E-state index is 12.4. The number of aromatic nitrogens is 1. The minimum absolute atomic E-state index is 0. The second-order valence-corrected chi connectivity index (χ2v) is 7.05. The largest absolute Gasteiger partial charge is 0.342 e. The molecule has 0 bridgehead atoms. The lowest BCUT2D eigenvalue weighted by Crippen LogP contribution is -2.39. The first-order valence-corrected chi connectivity index (χ1v) is 9.54. The van der Waals surface area contributed by atoms with Gasteiger partial charge in [0.15, 0.2) is 0 Å². The first kappa shape index (κ1) is 23.6. The van der Waals surface area contributed by atoms with Gasteiger partial charge in [0.25, 0.3) is 0 Å². The summed E-state index contributed by atoms with van der Waals surface area (Å²) in [4.78, 5) is 19.1. The Kier molecular flexibility index (Phi) is 12.7. The van der Waals surface area contributed by atoms with Crippen molar-refractivity contribution in [3.8, 4) is 0 Å². The van der Waals surface area contributed by atoms with Crippen molar-refractivity contribution >= 4 is 42.1 Å².